The van der Waals surface area contributed by atoms with Gasteiger partial charge in [-0.3, -0.25) is 9.69 Å². The van der Waals surface area contributed by atoms with Crippen LogP contribution < -0.4 is 0 Å². The number of aliphatic hydroxyl groups is 1. The van der Waals surface area contributed by atoms with Crippen molar-refractivity contribution in [3.63, 3.8) is 0 Å². The van der Waals surface area contributed by atoms with Gasteiger partial charge in [0.05, 0.1) is 21.9 Å². The zero-order chi connectivity index (χ0) is 11.5. The molecule has 1 N–H and O–H groups in total. The summed E-state index contributed by atoms with van der Waals surface area (Å²) in [5.41, 5.74) is 0. The van der Waals surface area contributed by atoms with Gasteiger partial charge < -0.3 is 5.11 Å². The highest BCUT2D eigenvalue weighted by Crippen LogP contribution is 2.22. The van der Waals surface area contributed by atoms with E-state index in [1.165, 1.54) is 11.3 Å². The SMILES string of the molecule is O=C(CN1CCCC(O)C1)c1ccc(Cl)s1. The molecule has 0 radical (unpaired) electrons. The highest BCUT2D eigenvalue weighted by atomic mass is 35.5. The first-order valence-electron chi connectivity index (χ1n) is 5.34. The second-order valence-electron chi connectivity index (χ2n) is 4.06. The van der Waals surface area contributed by atoms with Crippen LogP contribution in [0, 0.1) is 0 Å². The lowest BCUT2D eigenvalue weighted by molar-refractivity contribution is 0.0636. The van der Waals surface area contributed by atoms with Crippen molar-refractivity contribution in [2.24, 2.45) is 0 Å². The molecular weight excluding hydrogens is 246 g/mol. The number of hydrogen-bond donors (Lipinski definition) is 1. The summed E-state index contributed by atoms with van der Waals surface area (Å²) in [5, 5.41) is 9.50. The molecular formula is C11H14ClNO2S. The number of carbonyl (C=O) groups excluding carboxylic acids is 1. The number of halogens is 1. The van der Waals surface area contributed by atoms with Crippen molar-refractivity contribution < 1.29 is 9.90 Å². The number of carbonyl (C=O) groups is 1. The molecule has 1 atom stereocenters. The van der Waals surface area contributed by atoms with Gasteiger partial charge in [-0.05, 0) is 31.5 Å². The number of β-amino-alcohol motifs (C(OH)–C–C–N with tert-alkyl or cyclic N) is 1. The van der Waals surface area contributed by atoms with E-state index in [0.717, 1.165) is 19.4 Å². The Hall–Kier alpha value is -0.420. The third-order valence-corrected chi connectivity index (χ3v) is 3.97. The normalized spacial score (nSPS) is 22.2. The van der Waals surface area contributed by atoms with Crippen LogP contribution in [0.4, 0.5) is 0 Å². The van der Waals surface area contributed by atoms with Crippen LogP contribution in [0.15, 0.2) is 12.1 Å². The van der Waals surface area contributed by atoms with E-state index in [-0.39, 0.29) is 11.9 Å². The summed E-state index contributed by atoms with van der Waals surface area (Å²) < 4.78 is 0.641. The molecule has 5 heteroatoms. The fourth-order valence-corrected chi connectivity index (χ4v) is 2.89. The summed E-state index contributed by atoms with van der Waals surface area (Å²) in [5.74, 6) is 0.0889. The summed E-state index contributed by atoms with van der Waals surface area (Å²) in [4.78, 5) is 14.6. The molecule has 16 heavy (non-hydrogen) atoms. The minimum Gasteiger partial charge on any atom is -0.392 e. The van der Waals surface area contributed by atoms with E-state index in [0.29, 0.717) is 22.3 Å². The van der Waals surface area contributed by atoms with E-state index in [1.54, 1.807) is 12.1 Å². The van der Waals surface area contributed by atoms with E-state index in [4.69, 9.17) is 11.6 Å². The first kappa shape index (κ1) is 12.0. The number of likely N-dealkylation sites (tertiary alicyclic amines) is 1. The number of nitrogens with zero attached hydrogens (tertiary/aromatic N) is 1. The van der Waals surface area contributed by atoms with E-state index in [9.17, 15) is 9.90 Å². The number of piperidine rings is 1. The fraction of sp³-hybridized carbons (Fsp3) is 0.545. The minimum atomic E-state index is -0.284. The Morgan fingerprint density at radius 2 is 2.44 bits per heavy atom. The molecule has 1 aliphatic rings. The number of thiophene rings is 1. The van der Waals surface area contributed by atoms with Crippen molar-refractivity contribution in [3.8, 4) is 0 Å². The molecule has 0 saturated carbocycles. The number of rotatable bonds is 3. The number of hydrogen-bond acceptors (Lipinski definition) is 4. The van der Waals surface area contributed by atoms with Crippen molar-refractivity contribution >= 4 is 28.7 Å². The molecule has 0 aliphatic carbocycles. The van der Waals surface area contributed by atoms with Gasteiger partial charge >= 0.3 is 0 Å². The van der Waals surface area contributed by atoms with Crippen molar-refractivity contribution in [3.05, 3.63) is 21.3 Å². The molecule has 1 saturated heterocycles. The predicted molar refractivity (Wildman–Crippen MR) is 65.3 cm³/mol. The average molecular weight is 260 g/mol. The standard InChI is InChI=1S/C11H14ClNO2S/c12-11-4-3-10(16-11)9(15)7-13-5-1-2-8(14)6-13/h3-4,8,14H,1-2,5-7H2. The predicted octanol–water partition coefficient (Wildman–Crippen LogP) is 2.04. The van der Waals surface area contributed by atoms with E-state index in [1.807, 2.05) is 4.90 Å². The van der Waals surface area contributed by atoms with Crippen LogP contribution in [-0.4, -0.2) is 41.5 Å². The van der Waals surface area contributed by atoms with Crippen LogP contribution in [0.2, 0.25) is 4.34 Å². The molecule has 3 nitrogen and oxygen atoms in total. The van der Waals surface area contributed by atoms with Gasteiger partial charge in [-0.15, -0.1) is 11.3 Å². The third kappa shape index (κ3) is 3.04. The highest BCUT2D eigenvalue weighted by Gasteiger charge is 2.20. The second kappa shape index (κ2) is 5.27. The number of aliphatic hydroxyl groups excluding tert-OH is 1. The Kier molecular flexibility index (Phi) is 3.97. The van der Waals surface area contributed by atoms with Crippen LogP contribution in [-0.2, 0) is 0 Å². The van der Waals surface area contributed by atoms with Gasteiger partial charge in [0.1, 0.15) is 0 Å². The monoisotopic (exact) mass is 259 g/mol. The Balaban J connectivity index is 1.92. The van der Waals surface area contributed by atoms with Crippen LogP contribution >= 0.6 is 22.9 Å². The molecule has 0 aromatic carbocycles. The lowest BCUT2D eigenvalue weighted by Gasteiger charge is -2.29. The van der Waals surface area contributed by atoms with Crippen molar-refractivity contribution in [1.29, 1.82) is 0 Å². The number of ketones is 1. The maximum Gasteiger partial charge on any atom is 0.186 e. The Bertz CT molecular complexity index is 380. The average Bonchev–Trinajstić information content (AvgIpc) is 2.65. The Morgan fingerprint density at radius 3 is 3.06 bits per heavy atom. The van der Waals surface area contributed by atoms with Gasteiger partial charge in [-0.2, -0.15) is 0 Å². The minimum absolute atomic E-state index is 0.0889. The topological polar surface area (TPSA) is 40.5 Å². The van der Waals surface area contributed by atoms with Crippen LogP contribution in [0.3, 0.4) is 0 Å². The van der Waals surface area contributed by atoms with Crippen LogP contribution in [0.25, 0.3) is 0 Å². The molecule has 1 fully saturated rings. The molecule has 2 heterocycles. The molecule has 0 spiro atoms. The first-order chi connectivity index (χ1) is 7.65. The fourth-order valence-electron chi connectivity index (χ4n) is 1.92. The molecule has 88 valence electrons. The smallest absolute Gasteiger partial charge is 0.186 e. The van der Waals surface area contributed by atoms with E-state index >= 15 is 0 Å². The largest absolute Gasteiger partial charge is 0.392 e. The molecule has 1 unspecified atom stereocenters. The van der Waals surface area contributed by atoms with Crippen molar-refractivity contribution in [1.82, 2.24) is 4.90 Å². The Labute approximate surface area is 104 Å². The molecule has 0 bridgehead atoms. The summed E-state index contributed by atoms with van der Waals surface area (Å²) in [7, 11) is 0. The summed E-state index contributed by atoms with van der Waals surface area (Å²) in [6, 6.07) is 3.50. The van der Waals surface area contributed by atoms with Gasteiger partial charge in [0.25, 0.3) is 0 Å². The molecule has 1 aliphatic heterocycles. The van der Waals surface area contributed by atoms with Crippen LogP contribution in [0.5, 0.6) is 0 Å². The zero-order valence-electron chi connectivity index (χ0n) is 8.86. The van der Waals surface area contributed by atoms with Gasteiger partial charge in [0.2, 0.25) is 0 Å². The quantitative estimate of drug-likeness (QED) is 0.845. The van der Waals surface area contributed by atoms with Gasteiger partial charge in [0, 0.05) is 6.54 Å². The molecule has 2 rings (SSSR count). The van der Waals surface area contributed by atoms with Gasteiger partial charge in [0.15, 0.2) is 5.78 Å². The first-order valence-corrected chi connectivity index (χ1v) is 6.53. The zero-order valence-corrected chi connectivity index (χ0v) is 10.4. The molecule has 1 aromatic rings. The lowest BCUT2D eigenvalue weighted by atomic mass is 10.1. The maximum atomic E-state index is 11.9. The number of Topliss-reactive ketones (excluding diaryl/α,β-unsaturated/α-hetero) is 1. The van der Waals surface area contributed by atoms with Crippen molar-refractivity contribution in [2.75, 3.05) is 19.6 Å². The van der Waals surface area contributed by atoms with E-state index < -0.39 is 0 Å². The molecule has 1 aromatic heterocycles. The highest BCUT2D eigenvalue weighted by molar-refractivity contribution is 7.18. The maximum absolute atomic E-state index is 11.9. The molecule has 0 amide bonds. The lowest BCUT2D eigenvalue weighted by Crippen LogP contribution is -2.40. The Morgan fingerprint density at radius 1 is 1.62 bits per heavy atom. The van der Waals surface area contributed by atoms with E-state index in [2.05, 4.69) is 0 Å². The van der Waals surface area contributed by atoms with Crippen LogP contribution in [0.1, 0.15) is 22.5 Å². The van der Waals surface area contributed by atoms with Crippen molar-refractivity contribution in [2.45, 2.75) is 18.9 Å². The van der Waals surface area contributed by atoms with Gasteiger partial charge in [-0.25, -0.2) is 0 Å². The van der Waals surface area contributed by atoms with Gasteiger partial charge in [-0.1, -0.05) is 11.6 Å². The summed E-state index contributed by atoms with van der Waals surface area (Å²) >= 11 is 7.10. The third-order valence-electron chi connectivity index (χ3n) is 2.70. The second-order valence-corrected chi connectivity index (χ2v) is 5.77. The summed E-state index contributed by atoms with van der Waals surface area (Å²) in [6.45, 7) is 1.88. The summed E-state index contributed by atoms with van der Waals surface area (Å²) in [6.07, 6.45) is 1.52.